The molecule has 2 aliphatic heterocycles. The Morgan fingerprint density at radius 1 is 1.46 bits per heavy atom. The van der Waals surface area contributed by atoms with Gasteiger partial charge in [-0.2, -0.15) is 0 Å². The summed E-state index contributed by atoms with van der Waals surface area (Å²) in [6.07, 6.45) is 0.723. The second-order valence-corrected chi connectivity index (χ2v) is 6.48. The highest BCUT2D eigenvalue weighted by atomic mass is 16.6. The lowest BCUT2D eigenvalue weighted by Crippen LogP contribution is -2.67. The van der Waals surface area contributed by atoms with Gasteiger partial charge in [-0.15, -0.1) is 0 Å². The second kappa shape index (κ2) is 5.41. The van der Waals surface area contributed by atoms with Crippen molar-refractivity contribution in [2.75, 3.05) is 19.7 Å². The number of quaternary nitrogens is 1. The predicted molar refractivity (Wildman–Crippen MR) is 86.4 cm³/mol. The van der Waals surface area contributed by atoms with Crippen molar-refractivity contribution in [3.8, 4) is 5.75 Å². The number of hydrogen-bond donors (Lipinski definition) is 1. The smallest absolute Gasteiger partial charge is 0.351 e. The number of nitrogens with one attached hydrogen (secondary N) is 1. The van der Waals surface area contributed by atoms with Gasteiger partial charge in [0.1, 0.15) is 17.4 Å². The number of benzene rings is 1. The summed E-state index contributed by atoms with van der Waals surface area (Å²) in [4.78, 5) is 23.8. The summed E-state index contributed by atoms with van der Waals surface area (Å²) in [7, 11) is 0. The molecule has 126 valence electrons. The molecule has 24 heavy (non-hydrogen) atoms. The topological polar surface area (TPSA) is 91.6 Å². The molecular formula is C17H18N2O5. The van der Waals surface area contributed by atoms with Crippen LogP contribution in [0.2, 0.25) is 0 Å². The average molecular weight is 330 g/mol. The van der Waals surface area contributed by atoms with E-state index in [0.29, 0.717) is 24.4 Å². The van der Waals surface area contributed by atoms with E-state index in [1.807, 2.05) is 6.92 Å². The fraction of sp³-hybridized carbons (Fsp3) is 0.412. The van der Waals surface area contributed by atoms with Crippen LogP contribution in [0.25, 0.3) is 11.0 Å². The maximum absolute atomic E-state index is 12.7. The highest BCUT2D eigenvalue weighted by Gasteiger charge is 2.52. The molecule has 2 fully saturated rings. The summed E-state index contributed by atoms with van der Waals surface area (Å²) in [5.41, 5.74) is 0.784. The molecule has 0 radical (unpaired) electrons. The lowest BCUT2D eigenvalue weighted by atomic mass is 10.0. The Morgan fingerprint density at radius 2 is 2.29 bits per heavy atom. The Morgan fingerprint density at radius 3 is 3.00 bits per heavy atom. The Bertz CT molecular complexity index is 877. The summed E-state index contributed by atoms with van der Waals surface area (Å²) < 4.78 is 9.84. The molecule has 1 aromatic heterocycles. The first kappa shape index (κ1) is 15.3. The highest BCUT2D eigenvalue weighted by Crippen LogP contribution is 2.31. The van der Waals surface area contributed by atoms with E-state index in [9.17, 15) is 14.8 Å². The molecule has 7 nitrogen and oxygen atoms in total. The number of aryl methyl sites for hydroxylation is 1. The van der Waals surface area contributed by atoms with Gasteiger partial charge < -0.3 is 19.7 Å². The van der Waals surface area contributed by atoms with Gasteiger partial charge in [0.15, 0.2) is 0 Å². The van der Waals surface area contributed by atoms with Crippen molar-refractivity contribution in [3.63, 3.8) is 0 Å². The fourth-order valence-electron chi connectivity index (χ4n) is 3.58. The van der Waals surface area contributed by atoms with E-state index in [4.69, 9.17) is 9.15 Å². The number of likely N-dealkylation sites (tertiary alicyclic amines) is 1. The summed E-state index contributed by atoms with van der Waals surface area (Å²) >= 11 is 0. The molecule has 0 aliphatic carbocycles. The number of hydrogen-bond acceptors (Lipinski definition) is 6. The fourth-order valence-corrected chi connectivity index (χ4v) is 3.58. The first-order chi connectivity index (χ1) is 11.5. The van der Waals surface area contributed by atoms with Crippen LogP contribution in [-0.4, -0.2) is 42.3 Å². The zero-order valence-electron chi connectivity index (χ0n) is 13.3. The van der Waals surface area contributed by atoms with Crippen LogP contribution >= 0.6 is 0 Å². The third-order valence-corrected chi connectivity index (χ3v) is 5.07. The molecule has 2 aliphatic rings. The number of ether oxygens (including phenoxy) is 1. The Kier molecular flexibility index (Phi) is 3.45. The van der Waals surface area contributed by atoms with Crippen molar-refractivity contribution in [1.29, 1.82) is 0 Å². The molecule has 3 heterocycles. The van der Waals surface area contributed by atoms with Gasteiger partial charge in [0, 0.05) is 23.9 Å². The molecule has 1 N–H and O–H groups in total. The molecule has 2 aromatic rings. The number of fused-ring (bicyclic) bond motifs is 2. The van der Waals surface area contributed by atoms with Gasteiger partial charge in [-0.05, 0) is 24.6 Å². The molecule has 4 rings (SSSR count). The quantitative estimate of drug-likeness (QED) is 0.514. The minimum Gasteiger partial charge on any atom is -0.625 e. The molecule has 0 saturated carbocycles. The third-order valence-electron chi connectivity index (χ3n) is 5.07. The van der Waals surface area contributed by atoms with E-state index in [1.54, 1.807) is 18.2 Å². The van der Waals surface area contributed by atoms with E-state index >= 15 is 0 Å². The van der Waals surface area contributed by atoms with E-state index in [2.05, 4.69) is 5.32 Å². The minimum absolute atomic E-state index is 0.157. The van der Waals surface area contributed by atoms with Crippen molar-refractivity contribution in [3.05, 3.63) is 45.5 Å². The van der Waals surface area contributed by atoms with E-state index in [0.717, 1.165) is 17.4 Å². The van der Waals surface area contributed by atoms with Gasteiger partial charge in [0.2, 0.25) is 6.61 Å². The Hall–Kier alpha value is -2.22. The molecule has 2 saturated heterocycles. The van der Waals surface area contributed by atoms with Crippen molar-refractivity contribution in [1.82, 2.24) is 5.32 Å². The number of carbonyl (C=O) groups is 1. The average Bonchev–Trinajstić information content (AvgIpc) is 2.73. The lowest BCUT2D eigenvalue weighted by molar-refractivity contribution is -0.821. The molecule has 1 amide bonds. The SMILES string of the molecule is Cc1cc(=O)oc2cc(OCC(=O)[N+]3([O-])CC[C@H]4NC[C@@H]43)ccc12. The monoisotopic (exact) mass is 330 g/mol. The molecule has 0 spiro atoms. The van der Waals surface area contributed by atoms with Gasteiger partial charge in [-0.1, -0.05) is 0 Å². The maximum atomic E-state index is 12.7. The molecular weight excluding hydrogens is 312 g/mol. The molecule has 0 bridgehead atoms. The zero-order chi connectivity index (χ0) is 16.9. The van der Waals surface area contributed by atoms with Crippen LogP contribution in [-0.2, 0) is 4.79 Å². The van der Waals surface area contributed by atoms with Crippen LogP contribution in [0.4, 0.5) is 0 Å². The van der Waals surface area contributed by atoms with Gasteiger partial charge in [0.25, 0.3) is 0 Å². The van der Waals surface area contributed by atoms with Gasteiger partial charge in [-0.3, -0.25) is 4.65 Å². The first-order valence-corrected chi connectivity index (χ1v) is 8.00. The highest BCUT2D eigenvalue weighted by molar-refractivity contribution is 5.81. The molecule has 1 aromatic carbocycles. The second-order valence-electron chi connectivity index (χ2n) is 6.48. The summed E-state index contributed by atoms with van der Waals surface area (Å²) in [6, 6.07) is 6.45. The summed E-state index contributed by atoms with van der Waals surface area (Å²) in [5.74, 6) is -0.0616. The predicted octanol–water partition coefficient (Wildman–Crippen LogP) is 1.07. The van der Waals surface area contributed by atoms with Crippen molar-refractivity contribution in [2.24, 2.45) is 0 Å². The largest absolute Gasteiger partial charge is 0.625 e. The van der Waals surface area contributed by atoms with E-state index < -0.39 is 16.2 Å². The van der Waals surface area contributed by atoms with Crippen LogP contribution < -0.4 is 15.7 Å². The number of hydroxylamine groups is 3. The standard InChI is InChI=1S/C17H18N2O5/c1-10-6-17(21)24-15-7-11(2-3-12(10)15)23-9-16(20)19(22)5-4-13-14(19)8-18-13/h2-3,6-7,13-14,18H,4-5,8-9H2,1H3/t13-,14+,19?/m1/s1. The van der Waals surface area contributed by atoms with E-state index in [-0.39, 0.29) is 18.7 Å². The number of rotatable bonds is 3. The summed E-state index contributed by atoms with van der Waals surface area (Å²) in [6.45, 7) is 2.43. The van der Waals surface area contributed by atoms with Crippen LogP contribution in [0.1, 0.15) is 12.0 Å². The number of carbonyl (C=O) groups excluding carboxylic acids is 1. The third kappa shape index (κ3) is 2.32. The lowest BCUT2D eigenvalue weighted by Gasteiger charge is -2.46. The van der Waals surface area contributed by atoms with E-state index in [1.165, 1.54) is 6.07 Å². The first-order valence-electron chi connectivity index (χ1n) is 8.00. The van der Waals surface area contributed by atoms with Gasteiger partial charge in [-0.25, -0.2) is 9.59 Å². The van der Waals surface area contributed by atoms with Crippen molar-refractivity contribution in [2.45, 2.75) is 25.4 Å². The van der Waals surface area contributed by atoms with Gasteiger partial charge in [0.05, 0.1) is 19.1 Å². The Balaban J connectivity index is 1.50. The number of nitrogens with zero attached hydrogens (tertiary/aromatic N) is 1. The van der Waals surface area contributed by atoms with Crippen LogP contribution in [0, 0.1) is 12.1 Å². The molecule has 3 atom stereocenters. The normalized spacial score (nSPS) is 28.4. The maximum Gasteiger partial charge on any atom is 0.351 e. The van der Waals surface area contributed by atoms with Crippen LogP contribution in [0.3, 0.4) is 0 Å². The van der Waals surface area contributed by atoms with Crippen molar-refractivity contribution >= 4 is 16.9 Å². The summed E-state index contributed by atoms with van der Waals surface area (Å²) in [5, 5.41) is 16.7. The van der Waals surface area contributed by atoms with Crippen LogP contribution in [0.15, 0.2) is 33.5 Å². The molecule has 1 unspecified atom stereocenters. The van der Waals surface area contributed by atoms with Crippen molar-refractivity contribution < 1.29 is 18.6 Å². The van der Waals surface area contributed by atoms with Gasteiger partial charge >= 0.3 is 11.5 Å². The minimum atomic E-state index is -0.806. The Labute approximate surface area is 138 Å². The number of amides is 1. The molecule has 7 heteroatoms. The zero-order valence-corrected chi connectivity index (χ0v) is 13.3. The van der Waals surface area contributed by atoms with Crippen LogP contribution in [0.5, 0.6) is 5.75 Å².